The monoisotopic (exact) mass is 332 g/mol. The molecule has 0 aliphatic rings. The van der Waals surface area contributed by atoms with Gasteiger partial charge in [0.25, 0.3) is 0 Å². The van der Waals surface area contributed by atoms with Crippen molar-refractivity contribution in [1.29, 1.82) is 0 Å². The van der Waals surface area contributed by atoms with Crippen LogP contribution in [0.2, 0.25) is 5.02 Å². The minimum absolute atomic E-state index is 0.0287. The van der Waals surface area contributed by atoms with Crippen LogP contribution in [0.1, 0.15) is 5.82 Å². The fourth-order valence-electron chi connectivity index (χ4n) is 1.79. The molecule has 1 aromatic carbocycles. The minimum atomic E-state index is -0.450. The van der Waals surface area contributed by atoms with E-state index in [4.69, 9.17) is 16.7 Å². The van der Waals surface area contributed by atoms with Gasteiger partial charge in [-0.15, -0.1) is 0 Å². The van der Waals surface area contributed by atoms with Crippen molar-refractivity contribution in [2.24, 2.45) is 7.05 Å². The maximum atomic E-state index is 13.1. The van der Waals surface area contributed by atoms with Crippen LogP contribution in [0.4, 0.5) is 4.39 Å². The second-order valence-electron chi connectivity index (χ2n) is 3.83. The maximum Gasteiger partial charge on any atom is 0.141 e. The zero-order chi connectivity index (χ0) is 13.3. The van der Waals surface area contributed by atoms with Gasteiger partial charge in [-0.1, -0.05) is 11.6 Å². The predicted octanol–water partition coefficient (Wildman–Crippen LogP) is 3.18. The lowest BCUT2D eigenvalue weighted by molar-refractivity contribution is 0.295. The van der Waals surface area contributed by atoms with Crippen molar-refractivity contribution >= 4 is 27.5 Å². The molecule has 0 aliphatic carbocycles. The molecule has 0 unspecified atom stereocenters. The Balaban J connectivity index is 2.53. The summed E-state index contributed by atoms with van der Waals surface area (Å²) in [6.07, 6.45) is 0.462. The molecule has 2 aromatic rings. The van der Waals surface area contributed by atoms with Gasteiger partial charge in [0, 0.05) is 19.0 Å². The number of imidazole rings is 1. The lowest BCUT2D eigenvalue weighted by Gasteiger charge is -2.06. The Morgan fingerprint density at radius 2 is 2.22 bits per heavy atom. The summed E-state index contributed by atoms with van der Waals surface area (Å²) < 4.78 is 15.6. The fraction of sp³-hybridized carbons (Fsp3) is 0.250. The zero-order valence-electron chi connectivity index (χ0n) is 9.62. The van der Waals surface area contributed by atoms with E-state index in [9.17, 15) is 4.39 Å². The Labute approximate surface area is 117 Å². The lowest BCUT2D eigenvalue weighted by Crippen LogP contribution is -2.02. The maximum absolute atomic E-state index is 13.1. The number of aliphatic hydroxyl groups is 1. The summed E-state index contributed by atoms with van der Waals surface area (Å²) in [7, 11) is 1.84. The lowest BCUT2D eigenvalue weighted by atomic mass is 10.1. The van der Waals surface area contributed by atoms with Crippen LogP contribution in [-0.2, 0) is 13.5 Å². The zero-order valence-corrected chi connectivity index (χ0v) is 12.0. The molecule has 0 atom stereocenters. The van der Waals surface area contributed by atoms with Gasteiger partial charge >= 0.3 is 0 Å². The van der Waals surface area contributed by atoms with Crippen LogP contribution in [-0.4, -0.2) is 21.3 Å². The number of hydrogen-bond acceptors (Lipinski definition) is 2. The number of nitrogens with zero attached hydrogens (tertiary/aromatic N) is 2. The highest BCUT2D eigenvalue weighted by molar-refractivity contribution is 9.10. The van der Waals surface area contributed by atoms with Crippen molar-refractivity contribution in [3.8, 4) is 11.3 Å². The molecule has 0 saturated heterocycles. The molecule has 1 N–H and O–H groups in total. The van der Waals surface area contributed by atoms with Crippen molar-refractivity contribution in [2.45, 2.75) is 6.42 Å². The number of halogens is 3. The second kappa shape index (κ2) is 5.38. The number of rotatable bonds is 3. The molecule has 0 bridgehead atoms. The van der Waals surface area contributed by atoms with Crippen molar-refractivity contribution < 1.29 is 9.50 Å². The molecule has 0 saturated carbocycles. The van der Waals surface area contributed by atoms with Gasteiger partial charge in [0.2, 0.25) is 0 Å². The van der Waals surface area contributed by atoms with Crippen LogP contribution in [0.5, 0.6) is 0 Å². The van der Waals surface area contributed by atoms with Gasteiger partial charge in [-0.2, -0.15) is 0 Å². The number of aromatic nitrogens is 2. The Kier molecular flexibility index (Phi) is 4.04. The third-order valence-electron chi connectivity index (χ3n) is 2.67. The van der Waals surface area contributed by atoms with E-state index >= 15 is 0 Å². The summed E-state index contributed by atoms with van der Waals surface area (Å²) in [5.74, 6) is 0.300. The highest BCUT2D eigenvalue weighted by Crippen LogP contribution is 2.31. The second-order valence-corrected chi connectivity index (χ2v) is 4.99. The first-order valence-corrected chi connectivity index (χ1v) is 6.49. The molecule has 0 spiro atoms. The van der Waals surface area contributed by atoms with E-state index in [1.54, 1.807) is 12.1 Å². The number of benzene rings is 1. The molecule has 18 heavy (non-hydrogen) atoms. The normalized spacial score (nSPS) is 10.9. The van der Waals surface area contributed by atoms with Crippen LogP contribution in [0.3, 0.4) is 0 Å². The molecule has 0 fully saturated rings. The van der Waals surface area contributed by atoms with Crippen LogP contribution < -0.4 is 0 Å². The van der Waals surface area contributed by atoms with E-state index in [0.717, 1.165) is 17.1 Å². The fourth-order valence-corrected chi connectivity index (χ4v) is 2.67. The van der Waals surface area contributed by atoms with Crippen molar-refractivity contribution in [1.82, 2.24) is 9.55 Å². The highest BCUT2D eigenvalue weighted by atomic mass is 79.9. The van der Waals surface area contributed by atoms with Gasteiger partial charge in [0.15, 0.2) is 0 Å². The molecule has 2 rings (SSSR count). The summed E-state index contributed by atoms with van der Waals surface area (Å²) in [4.78, 5) is 4.31. The van der Waals surface area contributed by atoms with Gasteiger partial charge in [0.1, 0.15) is 16.2 Å². The first kappa shape index (κ1) is 13.5. The summed E-state index contributed by atoms with van der Waals surface area (Å²) in [6.45, 7) is 0.0287. The van der Waals surface area contributed by atoms with Crippen LogP contribution in [0.15, 0.2) is 22.8 Å². The highest BCUT2D eigenvalue weighted by Gasteiger charge is 2.15. The van der Waals surface area contributed by atoms with Gasteiger partial charge in [0.05, 0.1) is 17.3 Å². The van der Waals surface area contributed by atoms with Gasteiger partial charge in [-0.05, 0) is 34.1 Å². The number of hydrogen-bond donors (Lipinski definition) is 1. The molecular formula is C12H11BrClFN2O. The summed E-state index contributed by atoms with van der Waals surface area (Å²) in [5.41, 5.74) is 1.58. The third-order valence-corrected chi connectivity index (χ3v) is 3.52. The molecule has 96 valence electrons. The average molecular weight is 334 g/mol. The molecular weight excluding hydrogens is 323 g/mol. The number of aliphatic hydroxyl groups excluding tert-OH is 1. The van der Waals surface area contributed by atoms with Gasteiger partial charge in [-0.3, -0.25) is 0 Å². The summed E-state index contributed by atoms with van der Waals surface area (Å²) in [6, 6.07) is 4.52. The van der Waals surface area contributed by atoms with Crippen molar-refractivity contribution in [3.05, 3.63) is 39.5 Å². The average Bonchev–Trinajstić information content (AvgIpc) is 2.59. The van der Waals surface area contributed by atoms with Crippen LogP contribution in [0, 0.1) is 5.82 Å². The minimum Gasteiger partial charge on any atom is -0.396 e. The topological polar surface area (TPSA) is 38.0 Å². The molecule has 1 heterocycles. The van der Waals surface area contributed by atoms with E-state index in [1.807, 2.05) is 11.6 Å². The van der Waals surface area contributed by atoms with E-state index in [2.05, 4.69) is 20.9 Å². The van der Waals surface area contributed by atoms with Gasteiger partial charge < -0.3 is 9.67 Å². The van der Waals surface area contributed by atoms with Crippen molar-refractivity contribution in [3.63, 3.8) is 0 Å². The van der Waals surface area contributed by atoms with E-state index in [-0.39, 0.29) is 11.6 Å². The Morgan fingerprint density at radius 3 is 2.83 bits per heavy atom. The molecule has 0 aliphatic heterocycles. The first-order chi connectivity index (χ1) is 8.54. The molecule has 1 aromatic heterocycles. The van der Waals surface area contributed by atoms with Crippen LogP contribution in [0.25, 0.3) is 11.3 Å². The van der Waals surface area contributed by atoms with E-state index in [0.29, 0.717) is 11.0 Å². The standard InChI is InChI=1S/C12H11BrClFN2O/c1-17-10(4-5-18)16-12(13)11(17)7-2-3-9(15)8(14)6-7/h2-3,6,18H,4-5H2,1H3. The Morgan fingerprint density at radius 1 is 1.50 bits per heavy atom. The Hall–Kier alpha value is -0.910. The first-order valence-electron chi connectivity index (χ1n) is 5.32. The summed E-state index contributed by atoms with van der Waals surface area (Å²) in [5, 5.41) is 9.03. The largest absolute Gasteiger partial charge is 0.396 e. The SMILES string of the molecule is Cn1c(CCO)nc(Br)c1-c1ccc(F)c(Cl)c1. The van der Waals surface area contributed by atoms with E-state index < -0.39 is 5.82 Å². The van der Waals surface area contributed by atoms with Crippen molar-refractivity contribution in [2.75, 3.05) is 6.61 Å². The smallest absolute Gasteiger partial charge is 0.141 e. The molecule has 6 heteroatoms. The quantitative estimate of drug-likeness (QED) is 0.937. The molecule has 0 amide bonds. The summed E-state index contributed by atoms with van der Waals surface area (Å²) >= 11 is 9.14. The predicted molar refractivity (Wildman–Crippen MR) is 72.1 cm³/mol. The molecule has 3 nitrogen and oxygen atoms in total. The van der Waals surface area contributed by atoms with E-state index in [1.165, 1.54) is 6.07 Å². The molecule has 0 radical (unpaired) electrons. The van der Waals surface area contributed by atoms with Gasteiger partial charge in [-0.25, -0.2) is 9.37 Å². The van der Waals surface area contributed by atoms with Crippen LogP contribution >= 0.6 is 27.5 Å². The third kappa shape index (κ3) is 2.43. The Bertz CT molecular complexity index is 586.